The quantitative estimate of drug-likeness (QED) is 0.792. The van der Waals surface area contributed by atoms with Crippen LogP contribution in [0.1, 0.15) is 28.4 Å². The van der Waals surface area contributed by atoms with Gasteiger partial charge >= 0.3 is 0 Å². The van der Waals surface area contributed by atoms with E-state index in [-0.39, 0.29) is 11.5 Å². The zero-order valence-corrected chi connectivity index (χ0v) is 13.7. The summed E-state index contributed by atoms with van der Waals surface area (Å²) in [5.74, 6) is -0.803. The molecule has 2 aromatic rings. The maximum Gasteiger partial charge on any atom is 0.257 e. The first-order valence-electron chi connectivity index (χ1n) is 6.81. The Labute approximate surface area is 132 Å². The number of carbonyl (C=O) groups is 1. The molecule has 110 valence electrons. The van der Waals surface area contributed by atoms with Crippen LogP contribution in [0, 0.1) is 12.7 Å². The Kier molecular flexibility index (Phi) is 5.12. The first-order valence-corrected chi connectivity index (χ1v) is 7.61. The molecule has 0 aliphatic heterocycles. The van der Waals surface area contributed by atoms with E-state index in [4.69, 9.17) is 0 Å². The molecule has 0 saturated carbocycles. The van der Waals surface area contributed by atoms with Crippen LogP contribution in [0.4, 0.5) is 4.39 Å². The van der Waals surface area contributed by atoms with Crippen molar-refractivity contribution >= 4 is 21.8 Å². The van der Waals surface area contributed by atoms with Crippen molar-refractivity contribution in [2.75, 3.05) is 6.54 Å². The van der Waals surface area contributed by atoms with Gasteiger partial charge in [-0.25, -0.2) is 4.39 Å². The van der Waals surface area contributed by atoms with Crippen molar-refractivity contribution in [3.63, 3.8) is 0 Å². The van der Waals surface area contributed by atoms with Gasteiger partial charge in [0.25, 0.3) is 5.91 Å². The monoisotopic (exact) mass is 349 g/mol. The average molecular weight is 350 g/mol. The largest absolute Gasteiger partial charge is 0.335 e. The van der Waals surface area contributed by atoms with Gasteiger partial charge in [0.2, 0.25) is 0 Å². The number of nitrogens with zero attached hydrogens (tertiary/aromatic N) is 1. The average Bonchev–Trinajstić information content (AvgIpc) is 2.47. The van der Waals surface area contributed by atoms with E-state index in [1.165, 1.54) is 6.07 Å². The molecule has 0 aliphatic carbocycles. The zero-order chi connectivity index (χ0) is 15.4. The van der Waals surface area contributed by atoms with E-state index < -0.39 is 5.82 Å². The minimum absolute atomic E-state index is 0.0962. The number of rotatable bonds is 4. The molecule has 0 saturated heterocycles. The Bertz CT molecular complexity index is 657. The third-order valence-corrected chi connectivity index (χ3v) is 3.92. The highest BCUT2D eigenvalue weighted by Gasteiger charge is 2.19. The van der Waals surface area contributed by atoms with Crippen LogP contribution in [0.25, 0.3) is 0 Å². The molecule has 0 atom stereocenters. The highest BCUT2D eigenvalue weighted by atomic mass is 79.9. The van der Waals surface area contributed by atoms with Crippen LogP contribution in [-0.4, -0.2) is 17.4 Å². The fourth-order valence-corrected chi connectivity index (χ4v) is 2.56. The molecule has 0 bridgehead atoms. The maximum absolute atomic E-state index is 14.1. The third-order valence-electron chi connectivity index (χ3n) is 3.31. The van der Waals surface area contributed by atoms with Crippen molar-refractivity contribution < 1.29 is 9.18 Å². The summed E-state index contributed by atoms with van der Waals surface area (Å²) in [5, 5.41) is 0. The van der Waals surface area contributed by atoms with Crippen molar-refractivity contribution in [2.24, 2.45) is 0 Å². The fraction of sp³-hybridized carbons (Fsp3) is 0.235. The Morgan fingerprint density at radius 1 is 1.24 bits per heavy atom. The predicted molar refractivity (Wildman–Crippen MR) is 85.7 cm³/mol. The highest BCUT2D eigenvalue weighted by molar-refractivity contribution is 9.10. The van der Waals surface area contributed by atoms with Gasteiger partial charge in [-0.1, -0.05) is 35.9 Å². The van der Waals surface area contributed by atoms with Crippen LogP contribution >= 0.6 is 15.9 Å². The Morgan fingerprint density at radius 3 is 2.62 bits per heavy atom. The van der Waals surface area contributed by atoms with Gasteiger partial charge in [-0.2, -0.15) is 0 Å². The van der Waals surface area contributed by atoms with Gasteiger partial charge in [0.15, 0.2) is 0 Å². The second-order valence-electron chi connectivity index (χ2n) is 4.91. The topological polar surface area (TPSA) is 20.3 Å². The summed E-state index contributed by atoms with van der Waals surface area (Å²) in [5.41, 5.74) is 2.28. The number of benzene rings is 2. The van der Waals surface area contributed by atoms with Crippen molar-refractivity contribution in [3.8, 4) is 0 Å². The minimum atomic E-state index is -0.509. The Hall–Kier alpha value is -1.68. The van der Waals surface area contributed by atoms with Crippen molar-refractivity contribution in [1.29, 1.82) is 0 Å². The molecule has 21 heavy (non-hydrogen) atoms. The Balaban J connectivity index is 2.25. The molecule has 0 fully saturated rings. The standard InChI is InChI=1S/C17H17BrFNO/c1-3-20(11-13-7-4-6-12(2)10-13)17(21)14-8-5-9-15(18)16(14)19/h4-10H,3,11H2,1-2H3. The maximum atomic E-state index is 14.1. The molecule has 2 rings (SSSR count). The highest BCUT2D eigenvalue weighted by Crippen LogP contribution is 2.20. The molecule has 4 heteroatoms. The van der Waals surface area contributed by atoms with E-state index in [9.17, 15) is 9.18 Å². The van der Waals surface area contributed by atoms with E-state index in [2.05, 4.69) is 15.9 Å². The van der Waals surface area contributed by atoms with Crippen molar-refractivity contribution in [2.45, 2.75) is 20.4 Å². The number of amides is 1. The number of halogens is 2. The summed E-state index contributed by atoms with van der Waals surface area (Å²) in [6.45, 7) is 4.90. The van der Waals surface area contributed by atoms with Crippen molar-refractivity contribution in [3.05, 3.63) is 69.4 Å². The lowest BCUT2D eigenvalue weighted by atomic mass is 10.1. The van der Waals surface area contributed by atoms with Gasteiger partial charge in [0.05, 0.1) is 10.0 Å². The number of carbonyl (C=O) groups excluding carboxylic acids is 1. The molecular weight excluding hydrogens is 333 g/mol. The van der Waals surface area contributed by atoms with E-state index in [0.29, 0.717) is 17.6 Å². The van der Waals surface area contributed by atoms with Gasteiger partial charge in [-0.15, -0.1) is 0 Å². The van der Waals surface area contributed by atoms with Crippen LogP contribution in [0.2, 0.25) is 0 Å². The molecule has 2 aromatic carbocycles. The molecule has 0 aliphatic rings. The normalized spacial score (nSPS) is 10.5. The molecule has 0 radical (unpaired) electrons. The van der Waals surface area contributed by atoms with Gasteiger partial charge in [0.1, 0.15) is 5.82 Å². The molecule has 0 N–H and O–H groups in total. The number of hydrogen-bond donors (Lipinski definition) is 0. The van der Waals surface area contributed by atoms with Crippen LogP contribution in [0.15, 0.2) is 46.9 Å². The first kappa shape index (κ1) is 15.7. The minimum Gasteiger partial charge on any atom is -0.335 e. The second-order valence-corrected chi connectivity index (χ2v) is 5.76. The number of hydrogen-bond acceptors (Lipinski definition) is 1. The molecule has 0 heterocycles. The molecule has 2 nitrogen and oxygen atoms in total. The molecule has 0 aromatic heterocycles. The van der Waals surface area contributed by atoms with Crippen LogP contribution in [-0.2, 0) is 6.54 Å². The lowest BCUT2D eigenvalue weighted by molar-refractivity contribution is 0.0747. The van der Waals surface area contributed by atoms with Gasteiger partial charge in [-0.3, -0.25) is 4.79 Å². The van der Waals surface area contributed by atoms with E-state index in [0.717, 1.165) is 11.1 Å². The molecule has 0 unspecified atom stereocenters. The second kappa shape index (κ2) is 6.85. The first-order chi connectivity index (χ1) is 10.0. The smallest absolute Gasteiger partial charge is 0.257 e. The molecular formula is C17H17BrFNO. The van der Waals surface area contributed by atoms with E-state index in [1.807, 2.05) is 38.1 Å². The summed E-state index contributed by atoms with van der Waals surface area (Å²) in [4.78, 5) is 14.1. The summed E-state index contributed by atoms with van der Waals surface area (Å²) >= 11 is 3.12. The van der Waals surface area contributed by atoms with E-state index >= 15 is 0 Å². The predicted octanol–water partition coefficient (Wildman–Crippen LogP) is 4.56. The third kappa shape index (κ3) is 3.70. The van der Waals surface area contributed by atoms with Crippen LogP contribution in [0.3, 0.4) is 0 Å². The zero-order valence-electron chi connectivity index (χ0n) is 12.1. The van der Waals surface area contributed by atoms with Crippen molar-refractivity contribution in [1.82, 2.24) is 4.90 Å². The Morgan fingerprint density at radius 2 is 1.95 bits per heavy atom. The fourth-order valence-electron chi connectivity index (χ4n) is 2.20. The van der Waals surface area contributed by atoms with Gasteiger partial charge in [-0.05, 0) is 47.5 Å². The summed E-state index contributed by atoms with van der Waals surface area (Å²) in [6.07, 6.45) is 0. The SMILES string of the molecule is CCN(Cc1cccc(C)c1)C(=O)c1cccc(Br)c1F. The van der Waals surface area contributed by atoms with Gasteiger partial charge in [0, 0.05) is 13.1 Å². The summed E-state index contributed by atoms with van der Waals surface area (Å²) < 4.78 is 14.4. The summed E-state index contributed by atoms with van der Waals surface area (Å²) in [7, 11) is 0. The lowest BCUT2D eigenvalue weighted by Gasteiger charge is -2.21. The molecule has 0 spiro atoms. The lowest BCUT2D eigenvalue weighted by Crippen LogP contribution is -2.31. The van der Waals surface area contributed by atoms with E-state index in [1.54, 1.807) is 17.0 Å². The van der Waals surface area contributed by atoms with Crippen LogP contribution in [0.5, 0.6) is 0 Å². The summed E-state index contributed by atoms with van der Waals surface area (Å²) in [6, 6.07) is 12.7. The number of aryl methyl sites for hydroxylation is 1. The molecule has 1 amide bonds. The van der Waals surface area contributed by atoms with Crippen LogP contribution < -0.4 is 0 Å². The van der Waals surface area contributed by atoms with Gasteiger partial charge < -0.3 is 4.90 Å².